The highest BCUT2D eigenvalue weighted by atomic mass is 19.1. The number of piperidine rings is 1. The average molecular weight is 262 g/mol. The van der Waals surface area contributed by atoms with E-state index in [4.69, 9.17) is 0 Å². The minimum Gasteiger partial charge on any atom is -0.312 e. The average Bonchev–Trinajstić information content (AvgIpc) is 2.63. The third kappa shape index (κ3) is 1.80. The lowest BCUT2D eigenvalue weighted by Crippen LogP contribution is -2.41. The molecule has 4 nitrogen and oxygen atoms in total. The summed E-state index contributed by atoms with van der Waals surface area (Å²) in [6.45, 7) is 2.64. The fourth-order valence-electron chi connectivity index (χ4n) is 2.83. The van der Waals surface area contributed by atoms with Gasteiger partial charge >= 0.3 is 6.03 Å². The Bertz CT molecular complexity index is 546. The predicted molar refractivity (Wildman–Crippen MR) is 68.2 cm³/mol. The van der Waals surface area contributed by atoms with E-state index < -0.39 is 17.9 Å². The molecule has 2 aliphatic rings. The molecule has 1 aromatic rings. The summed E-state index contributed by atoms with van der Waals surface area (Å²) >= 11 is 0. The maximum Gasteiger partial charge on any atom is 0.332 e. The highest BCUT2D eigenvalue weighted by Crippen LogP contribution is 2.33. The summed E-state index contributed by atoms with van der Waals surface area (Å²) in [4.78, 5) is 27.2. The topological polar surface area (TPSA) is 40.6 Å². The minimum absolute atomic E-state index is 0.0551. The third-order valence-corrected chi connectivity index (χ3v) is 3.90. The Morgan fingerprint density at radius 1 is 1.26 bits per heavy atom. The Morgan fingerprint density at radius 3 is 2.74 bits per heavy atom. The van der Waals surface area contributed by atoms with Crippen molar-refractivity contribution in [3.8, 4) is 0 Å². The number of amides is 3. The number of hydrogen-bond acceptors (Lipinski definition) is 2. The smallest absolute Gasteiger partial charge is 0.312 e. The van der Waals surface area contributed by atoms with Crippen LogP contribution in [0.25, 0.3) is 0 Å². The second kappa shape index (κ2) is 4.33. The molecule has 0 spiro atoms. The molecule has 0 N–H and O–H groups in total. The first-order valence-electron chi connectivity index (χ1n) is 6.48. The van der Waals surface area contributed by atoms with Crippen molar-refractivity contribution in [2.45, 2.75) is 25.8 Å². The summed E-state index contributed by atoms with van der Waals surface area (Å²) in [5.41, 5.74) is 0.0551. The zero-order valence-corrected chi connectivity index (χ0v) is 10.7. The molecule has 3 rings (SSSR count). The van der Waals surface area contributed by atoms with Crippen LogP contribution in [0.1, 0.15) is 19.8 Å². The van der Waals surface area contributed by atoms with E-state index in [2.05, 4.69) is 6.92 Å². The highest BCUT2D eigenvalue weighted by molar-refractivity contribution is 6.21. The van der Waals surface area contributed by atoms with E-state index in [1.807, 2.05) is 0 Å². The van der Waals surface area contributed by atoms with Crippen LogP contribution < -0.4 is 4.90 Å². The van der Waals surface area contributed by atoms with Gasteiger partial charge in [0.1, 0.15) is 11.9 Å². The molecule has 2 unspecified atom stereocenters. The van der Waals surface area contributed by atoms with E-state index in [-0.39, 0.29) is 11.6 Å². The molecule has 100 valence electrons. The highest BCUT2D eigenvalue weighted by Gasteiger charge is 2.48. The van der Waals surface area contributed by atoms with E-state index in [0.717, 1.165) is 11.3 Å². The number of benzene rings is 1. The number of carbonyl (C=O) groups is 2. The first-order valence-corrected chi connectivity index (χ1v) is 6.48. The Hall–Kier alpha value is -1.91. The number of imide groups is 1. The number of hydrogen-bond donors (Lipinski definition) is 0. The SMILES string of the molecule is CC1CCN2C(=O)N(c3ccccc3F)C(=O)C2C1. The van der Waals surface area contributed by atoms with Crippen molar-refractivity contribution >= 4 is 17.6 Å². The van der Waals surface area contributed by atoms with Crippen LogP contribution in [0.3, 0.4) is 0 Å². The molecule has 2 fully saturated rings. The molecule has 3 amide bonds. The number of anilines is 1. The lowest BCUT2D eigenvalue weighted by atomic mass is 9.93. The van der Waals surface area contributed by atoms with E-state index in [0.29, 0.717) is 18.9 Å². The summed E-state index contributed by atoms with van der Waals surface area (Å²) in [5, 5.41) is 0. The van der Waals surface area contributed by atoms with Crippen LogP contribution in [-0.4, -0.2) is 29.4 Å². The van der Waals surface area contributed by atoms with E-state index in [9.17, 15) is 14.0 Å². The molecule has 2 heterocycles. The van der Waals surface area contributed by atoms with E-state index >= 15 is 0 Å². The lowest BCUT2D eigenvalue weighted by molar-refractivity contribution is -0.120. The van der Waals surface area contributed by atoms with Crippen molar-refractivity contribution in [1.82, 2.24) is 4.90 Å². The van der Waals surface area contributed by atoms with Gasteiger partial charge in [0.25, 0.3) is 5.91 Å². The fourth-order valence-corrected chi connectivity index (χ4v) is 2.83. The van der Waals surface area contributed by atoms with Gasteiger partial charge in [0.15, 0.2) is 0 Å². The molecule has 0 aromatic heterocycles. The number of rotatable bonds is 1. The summed E-state index contributed by atoms with van der Waals surface area (Å²) in [5.74, 6) is -0.433. The van der Waals surface area contributed by atoms with Gasteiger partial charge in [0.2, 0.25) is 0 Å². The van der Waals surface area contributed by atoms with Gasteiger partial charge in [-0.2, -0.15) is 0 Å². The first-order chi connectivity index (χ1) is 9.09. The standard InChI is InChI=1S/C14H15FN2O2/c1-9-6-7-16-12(8-9)13(18)17(14(16)19)11-5-3-2-4-10(11)15/h2-5,9,12H,6-8H2,1H3. The van der Waals surface area contributed by atoms with E-state index in [1.165, 1.54) is 12.1 Å². The van der Waals surface area contributed by atoms with Gasteiger partial charge in [0.05, 0.1) is 5.69 Å². The van der Waals surface area contributed by atoms with Crippen LogP contribution in [0.5, 0.6) is 0 Å². The number of carbonyl (C=O) groups excluding carboxylic acids is 2. The number of fused-ring (bicyclic) bond motifs is 1. The molecule has 1 aromatic carbocycles. The summed E-state index contributed by atoms with van der Waals surface area (Å²) in [6.07, 6.45) is 1.55. The van der Waals surface area contributed by atoms with Gasteiger partial charge in [-0.15, -0.1) is 0 Å². The van der Waals surface area contributed by atoms with Crippen molar-refractivity contribution in [1.29, 1.82) is 0 Å². The monoisotopic (exact) mass is 262 g/mol. The van der Waals surface area contributed by atoms with Gasteiger partial charge in [0, 0.05) is 6.54 Å². The molecular formula is C14H15FN2O2. The molecular weight excluding hydrogens is 247 g/mol. The lowest BCUT2D eigenvalue weighted by Gasteiger charge is -2.30. The maximum atomic E-state index is 13.8. The molecule has 0 radical (unpaired) electrons. The minimum atomic E-state index is -0.544. The Morgan fingerprint density at radius 2 is 2.00 bits per heavy atom. The van der Waals surface area contributed by atoms with Crippen molar-refractivity contribution in [2.75, 3.05) is 11.4 Å². The van der Waals surface area contributed by atoms with Gasteiger partial charge in [-0.05, 0) is 30.9 Å². The zero-order valence-electron chi connectivity index (χ0n) is 10.7. The summed E-state index contributed by atoms with van der Waals surface area (Å²) in [6, 6.07) is 5.07. The van der Waals surface area contributed by atoms with Crippen LogP contribution in [0.4, 0.5) is 14.9 Å². The van der Waals surface area contributed by atoms with Crippen LogP contribution in [0.2, 0.25) is 0 Å². The van der Waals surface area contributed by atoms with E-state index in [1.54, 1.807) is 17.0 Å². The Balaban J connectivity index is 1.98. The van der Waals surface area contributed by atoms with Crippen molar-refractivity contribution in [3.05, 3.63) is 30.1 Å². The molecule has 5 heteroatoms. The van der Waals surface area contributed by atoms with Crippen LogP contribution in [0.15, 0.2) is 24.3 Å². The van der Waals surface area contributed by atoms with Crippen molar-refractivity contribution in [2.24, 2.45) is 5.92 Å². The molecule has 19 heavy (non-hydrogen) atoms. The molecule has 0 bridgehead atoms. The van der Waals surface area contributed by atoms with Gasteiger partial charge in [-0.3, -0.25) is 4.79 Å². The second-order valence-corrected chi connectivity index (χ2v) is 5.25. The fraction of sp³-hybridized carbons (Fsp3) is 0.429. The van der Waals surface area contributed by atoms with Crippen molar-refractivity contribution in [3.63, 3.8) is 0 Å². The van der Waals surface area contributed by atoms with Crippen LogP contribution in [0, 0.1) is 11.7 Å². The maximum absolute atomic E-state index is 13.8. The molecule has 2 aliphatic heterocycles. The first kappa shape index (κ1) is 12.1. The van der Waals surface area contributed by atoms with Crippen molar-refractivity contribution < 1.29 is 14.0 Å². The molecule has 0 aliphatic carbocycles. The van der Waals surface area contributed by atoms with Gasteiger partial charge in [-0.1, -0.05) is 19.1 Å². The predicted octanol–water partition coefficient (Wildman–Crippen LogP) is 2.39. The molecule has 0 saturated carbocycles. The largest absolute Gasteiger partial charge is 0.332 e. The summed E-state index contributed by atoms with van der Waals surface area (Å²) < 4.78 is 13.8. The Labute approximate surface area is 110 Å². The normalized spacial score (nSPS) is 26.8. The van der Waals surface area contributed by atoms with Crippen LogP contribution >= 0.6 is 0 Å². The Kier molecular flexibility index (Phi) is 2.77. The number of nitrogens with zero attached hydrogens (tertiary/aromatic N) is 2. The third-order valence-electron chi connectivity index (χ3n) is 3.90. The van der Waals surface area contributed by atoms with Gasteiger partial charge in [-0.25, -0.2) is 14.1 Å². The molecule has 2 atom stereocenters. The van der Waals surface area contributed by atoms with Gasteiger partial charge < -0.3 is 4.90 Å². The number of urea groups is 1. The number of halogens is 1. The summed E-state index contributed by atoms with van der Waals surface area (Å²) in [7, 11) is 0. The number of para-hydroxylation sites is 1. The molecule has 2 saturated heterocycles. The quantitative estimate of drug-likeness (QED) is 0.729. The second-order valence-electron chi connectivity index (χ2n) is 5.25. The van der Waals surface area contributed by atoms with Crippen LogP contribution in [-0.2, 0) is 4.79 Å². The zero-order chi connectivity index (χ0) is 13.6.